The molecule has 0 radical (unpaired) electrons. The van der Waals surface area contributed by atoms with Crippen molar-refractivity contribution in [2.24, 2.45) is 0 Å². The number of nitrogens with zero attached hydrogens (tertiary/aromatic N) is 2. The lowest BCUT2D eigenvalue weighted by Gasteiger charge is -2.54. The molecule has 140 valence electrons. The first-order valence-electron chi connectivity index (χ1n) is 7.85. The molecule has 0 aromatic rings. The minimum Gasteiger partial charge on any atom is -0.456 e. The van der Waals surface area contributed by atoms with Gasteiger partial charge < -0.3 is 19.6 Å². The lowest BCUT2D eigenvalue weighted by molar-refractivity contribution is -0.169. The van der Waals surface area contributed by atoms with Crippen molar-refractivity contribution in [2.45, 2.75) is 35.2 Å². The van der Waals surface area contributed by atoms with Gasteiger partial charge in [0.2, 0.25) is 4.87 Å². The number of likely N-dealkylation sites (N-methyl/N-ethyl adjacent to an activating group) is 1. The number of carbonyl (C=O) groups excluding carboxylic acids is 3. The summed E-state index contributed by atoms with van der Waals surface area (Å²) in [5, 5.41) is 10.1. The van der Waals surface area contributed by atoms with Crippen LogP contribution in [0.25, 0.3) is 0 Å². The molecule has 0 aromatic heterocycles. The Morgan fingerprint density at radius 3 is 2.77 bits per heavy atom. The summed E-state index contributed by atoms with van der Waals surface area (Å²) in [6.45, 7) is 0.840. The van der Waals surface area contributed by atoms with Crippen molar-refractivity contribution >= 4 is 59.0 Å². The lowest BCUT2D eigenvalue weighted by Crippen LogP contribution is -2.75. The van der Waals surface area contributed by atoms with Gasteiger partial charge in [-0.25, -0.2) is 0 Å². The number of hydrogen-bond acceptors (Lipinski definition) is 9. The molecule has 4 aliphatic heterocycles. The molecule has 0 saturated carbocycles. The van der Waals surface area contributed by atoms with Gasteiger partial charge in [-0.05, 0) is 52.9 Å². The van der Waals surface area contributed by atoms with Crippen LogP contribution in [0.5, 0.6) is 0 Å². The van der Waals surface area contributed by atoms with E-state index in [1.807, 2.05) is 6.08 Å². The van der Waals surface area contributed by atoms with Crippen molar-refractivity contribution in [1.29, 1.82) is 0 Å². The molecular weight excluding hydrogens is 416 g/mol. The van der Waals surface area contributed by atoms with Crippen LogP contribution in [0.4, 0.5) is 0 Å². The normalized spacial score (nSPS) is 38.5. The molecule has 5 rings (SSSR count). The predicted molar refractivity (Wildman–Crippen MR) is 104 cm³/mol. The molecule has 4 heterocycles. The van der Waals surface area contributed by atoms with Crippen LogP contribution in [0.15, 0.2) is 23.8 Å². The first-order valence-corrected chi connectivity index (χ1v) is 12.7. The Morgan fingerprint density at radius 1 is 1.35 bits per heavy atom. The smallest absolute Gasteiger partial charge is 0.303 e. The van der Waals surface area contributed by atoms with Crippen LogP contribution in [0.3, 0.4) is 0 Å². The summed E-state index contributed by atoms with van der Waals surface area (Å²) in [5.74, 6) is -0.986. The molecule has 2 amide bonds. The monoisotopic (exact) mass is 432 g/mol. The van der Waals surface area contributed by atoms with Crippen molar-refractivity contribution in [3.05, 3.63) is 23.8 Å². The van der Waals surface area contributed by atoms with Crippen LogP contribution in [0.1, 0.15) is 13.3 Å². The zero-order chi connectivity index (χ0) is 18.7. The van der Waals surface area contributed by atoms with Crippen molar-refractivity contribution < 1.29 is 24.2 Å². The standard InChI is InChI=1S/C15H16N2O5S4/c1-8(19)22-10-5-3-4-9-6-14-12(20)16(2)15(7-18,24-26-25-23-14)13(21)17(14)11(9)10/h3-5,10-11,18H,6-7H2,1-2H3/t10-,11-,14+,15+/m0/s1. The van der Waals surface area contributed by atoms with Crippen LogP contribution in [0.2, 0.25) is 0 Å². The van der Waals surface area contributed by atoms with E-state index in [0.717, 1.165) is 5.57 Å². The Balaban J connectivity index is 1.86. The summed E-state index contributed by atoms with van der Waals surface area (Å²) < 4.78 is 5.43. The van der Waals surface area contributed by atoms with E-state index in [0.29, 0.717) is 6.42 Å². The number of piperazine rings is 1. The Morgan fingerprint density at radius 2 is 2.08 bits per heavy atom. The topological polar surface area (TPSA) is 87.2 Å². The summed E-state index contributed by atoms with van der Waals surface area (Å²) in [6, 6.07) is -0.531. The zero-order valence-corrected chi connectivity index (χ0v) is 17.2. The molecule has 1 N–H and O–H groups in total. The summed E-state index contributed by atoms with van der Waals surface area (Å²) in [7, 11) is 6.91. The van der Waals surface area contributed by atoms with Crippen molar-refractivity contribution in [3.8, 4) is 0 Å². The molecule has 26 heavy (non-hydrogen) atoms. The number of esters is 1. The number of allylic oxidation sites excluding steroid dienone is 2. The van der Waals surface area contributed by atoms with Crippen LogP contribution in [-0.2, 0) is 19.1 Å². The van der Waals surface area contributed by atoms with Crippen LogP contribution < -0.4 is 0 Å². The van der Waals surface area contributed by atoms with Crippen molar-refractivity contribution in [1.82, 2.24) is 9.80 Å². The molecule has 0 unspecified atom stereocenters. The van der Waals surface area contributed by atoms with Gasteiger partial charge in [-0.15, -0.1) is 0 Å². The van der Waals surface area contributed by atoms with E-state index in [1.165, 1.54) is 53.1 Å². The molecule has 1 spiro atoms. The molecule has 4 fully saturated rings. The number of aliphatic hydroxyl groups excluding tert-OH is 1. The number of ether oxygens (including phenoxy) is 1. The number of aliphatic hydroxyl groups is 1. The number of amides is 2. The van der Waals surface area contributed by atoms with E-state index >= 15 is 0 Å². The quantitative estimate of drug-likeness (QED) is 0.516. The van der Waals surface area contributed by atoms with Gasteiger partial charge >= 0.3 is 5.97 Å². The number of rotatable bonds is 2. The third-order valence-corrected chi connectivity index (χ3v) is 12.3. The molecule has 4 atom stereocenters. The number of hydrogen-bond donors (Lipinski definition) is 1. The highest BCUT2D eigenvalue weighted by Crippen LogP contribution is 2.65. The SMILES string of the molecule is CC(=O)O[C@H]1C=CC=C2C[C@]34SSSS[C@](CO)(C(=O)N3[C@@H]21)N(C)C4=O. The predicted octanol–water partition coefficient (Wildman–Crippen LogP) is 1.56. The van der Waals surface area contributed by atoms with Crippen LogP contribution in [0, 0.1) is 0 Å². The highest BCUT2D eigenvalue weighted by Gasteiger charge is 2.70. The van der Waals surface area contributed by atoms with Gasteiger partial charge in [-0.1, -0.05) is 12.2 Å². The van der Waals surface area contributed by atoms with Gasteiger partial charge in [0, 0.05) is 20.4 Å². The van der Waals surface area contributed by atoms with Crippen molar-refractivity contribution in [3.63, 3.8) is 0 Å². The molecule has 11 heteroatoms. The average Bonchev–Trinajstić information content (AvgIpc) is 2.94. The first kappa shape index (κ1) is 18.6. The maximum atomic E-state index is 13.6. The summed E-state index contributed by atoms with van der Waals surface area (Å²) >= 11 is 0. The van der Waals surface area contributed by atoms with E-state index in [9.17, 15) is 19.5 Å². The molecule has 7 nitrogen and oxygen atoms in total. The lowest BCUT2D eigenvalue weighted by atomic mass is 9.96. The van der Waals surface area contributed by atoms with Crippen molar-refractivity contribution in [2.75, 3.05) is 13.7 Å². The molecular formula is C15H16N2O5S4. The van der Waals surface area contributed by atoms with Gasteiger partial charge in [-0.2, -0.15) is 0 Å². The number of fused-ring (bicyclic) bond motifs is 5. The maximum absolute atomic E-state index is 13.6. The summed E-state index contributed by atoms with van der Waals surface area (Å²) in [4.78, 5) is 38.9. The fourth-order valence-electron chi connectivity index (χ4n) is 3.83. The Hall–Kier alpha value is -0.750. The Labute approximate surface area is 165 Å². The Bertz CT molecular complexity index is 758. The number of carbonyl (C=O) groups is 3. The highest BCUT2D eigenvalue weighted by atomic mass is 33.7. The minimum absolute atomic E-state index is 0.215. The van der Waals surface area contributed by atoms with E-state index in [1.54, 1.807) is 24.1 Å². The third-order valence-electron chi connectivity index (χ3n) is 5.03. The van der Waals surface area contributed by atoms with Gasteiger partial charge in [0.25, 0.3) is 11.8 Å². The van der Waals surface area contributed by atoms with Crippen LogP contribution in [-0.4, -0.2) is 68.2 Å². The molecule has 2 bridgehead atoms. The Kier molecular flexibility index (Phi) is 4.58. The maximum Gasteiger partial charge on any atom is 0.303 e. The largest absolute Gasteiger partial charge is 0.456 e. The summed E-state index contributed by atoms with van der Waals surface area (Å²) in [5.41, 5.74) is 0.882. The molecule has 4 saturated heterocycles. The average molecular weight is 433 g/mol. The molecule has 1 aliphatic carbocycles. The second-order valence-electron chi connectivity index (χ2n) is 6.39. The second kappa shape index (κ2) is 6.40. The molecule has 0 aromatic carbocycles. The van der Waals surface area contributed by atoms with E-state index < -0.39 is 34.5 Å². The first-order chi connectivity index (χ1) is 12.4. The van der Waals surface area contributed by atoms with Gasteiger partial charge in [0.05, 0.1) is 12.6 Å². The van der Waals surface area contributed by atoms with E-state index in [4.69, 9.17) is 4.74 Å². The van der Waals surface area contributed by atoms with E-state index in [-0.39, 0.29) is 11.8 Å². The zero-order valence-electron chi connectivity index (χ0n) is 13.9. The van der Waals surface area contributed by atoms with Gasteiger partial charge in [0.15, 0.2) is 4.87 Å². The fraction of sp³-hybridized carbons (Fsp3) is 0.533. The second-order valence-corrected chi connectivity index (χ2v) is 12.6. The van der Waals surface area contributed by atoms with E-state index in [2.05, 4.69) is 0 Å². The molecule has 5 aliphatic rings. The third kappa shape index (κ3) is 2.33. The van der Waals surface area contributed by atoms with Gasteiger partial charge in [-0.3, -0.25) is 14.4 Å². The minimum atomic E-state index is -1.38. The fourth-order valence-corrected chi connectivity index (χ4v) is 11.4. The van der Waals surface area contributed by atoms with Crippen LogP contribution >= 0.6 is 41.2 Å². The summed E-state index contributed by atoms with van der Waals surface area (Å²) in [6.07, 6.45) is 5.14. The van der Waals surface area contributed by atoms with Gasteiger partial charge in [0.1, 0.15) is 6.10 Å². The highest BCUT2D eigenvalue weighted by molar-refractivity contribution is 9.26.